The summed E-state index contributed by atoms with van der Waals surface area (Å²) >= 11 is 9.35. The van der Waals surface area contributed by atoms with E-state index in [0.717, 1.165) is 0 Å². The Morgan fingerprint density at radius 1 is 1.22 bits per heavy atom. The first-order valence-corrected chi connectivity index (χ1v) is 6.42. The Morgan fingerprint density at radius 3 is 2.61 bits per heavy atom. The number of benzene rings is 2. The van der Waals surface area contributed by atoms with E-state index < -0.39 is 0 Å². The Morgan fingerprint density at radius 2 is 1.94 bits per heavy atom. The second-order valence-corrected chi connectivity index (χ2v) is 5.12. The van der Waals surface area contributed by atoms with Gasteiger partial charge in [0, 0.05) is 15.6 Å². The minimum absolute atomic E-state index is 0.209. The van der Waals surface area contributed by atoms with Crippen LogP contribution in [-0.4, -0.2) is 5.78 Å². The van der Waals surface area contributed by atoms with Crippen LogP contribution in [0.3, 0.4) is 0 Å². The fraction of sp³-hybridized carbons (Fsp3) is 0.0714. The van der Waals surface area contributed by atoms with Gasteiger partial charge in [-0.1, -0.05) is 17.7 Å². The predicted octanol–water partition coefficient (Wildman–Crippen LogP) is 4.78. The minimum atomic E-state index is -0.357. The lowest BCUT2D eigenvalue weighted by Gasteiger charge is -2.07. The van der Waals surface area contributed by atoms with E-state index in [0.29, 0.717) is 26.2 Å². The van der Waals surface area contributed by atoms with E-state index in [9.17, 15) is 9.18 Å². The largest absolute Gasteiger partial charge is 0.289 e. The van der Waals surface area contributed by atoms with Gasteiger partial charge in [-0.25, -0.2) is 4.39 Å². The zero-order chi connectivity index (χ0) is 13.3. The van der Waals surface area contributed by atoms with Gasteiger partial charge < -0.3 is 0 Å². The van der Waals surface area contributed by atoms with Crippen molar-refractivity contribution in [1.82, 2.24) is 0 Å². The maximum Gasteiger partial charge on any atom is 0.194 e. The standard InChI is InChI=1S/C14H9BrClFO/c1-8-7-9(17)5-6-10(8)14(18)11-3-2-4-12(15)13(11)16/h2-7H,1H3. The number of carbonyl (C=O) groups excluding carboxylic acids is 1. The number of hydrogen-bond acceptors (Lipinski definition) is 1. The molecule has 0 unspecified atom stereocenters. The summed E-state index contributed by atoms with van der Waals surface area (Å²) in [4.78, 5) is 12.3. The van der Waals surface area contributed by atoms with E-state index in [2.05, 4.69) is 15.9 Å². The van der Waals surface area contributed by atoms with E-state index >= 15 is 0 Å². The van der Waals surface area contributed by atoms with Crippen molar-refractivity contribution in [3.8, 4) is 0 Å². The average Bonchev–Trinajstić information content (AvgIpc) is 2.32. The molecule has 0 amide bonds. The van der Waals surface area contributed by atoms with Crippen LogP contribution in [0.15, 0.2) is 40.9 Å². The summed E-state index contributed by atoms with van der Waals surface area (Å²) in [6.45, 7) is 1.70. The summed E-state index contributed by atoms with van der Waals surface area (Å²) in [6.07, 6.45) is 0. The third-order valence-electron chi connectivity index (χ3n) is 2.63. The second kappa shape index (κ2) is 5.21. The van der Waals surface area contributed by atoms with Crippen molar-refractivity contribution in [1.29, 1.82) is 0 Å². The molecule has 0 heterocycles. The summed E-state index contributed by atoms with van der Waals surface area (Å²) in [7, 11) is 0. The molecule has 18 heavy (non-hydrogen) atoms. The van der Waals surface area contributed by atoms with Crippen LogP contribution in [0.5, 0.6) is 0 Å². The number of carbonyl (C=O) groups is 1. The molecule has 1 nitrogen and oxygen atoms in total. The highest BCUT2D eigenvalue weighted by atomic mass is 79.9. The van der Waals surface area contributed by atoms with Gasteiger partial charge in [-0.2, -0.15) is 0 Å². The Kier molecular flexibility index (Phi) is 3.83. The van der Waals surface area contributed by atoms with Gasteiger partial charge in [0.1, 0.15) is 5.82 Å². The zero-order valence-electron chi connectivity index (χ0n) is 9.51. The van der Waals surface area contributed by atoms with Crippen LogP contribution in [0.25, 0.3) is 0 Å². The van der Waals surface area contributed by atoms with Gasteiger partial charge in [-0.3, -0.25) is 4.79 Å². The Hall–Kier alpha value is -1.19. The normalized spacial score (nSPS) is 10.4. The molecule has 0 aliphatic rings. The number of aryl methyl sites for hydroxylation is 1. The lowest BCUT2D eigenvalue weighted by molar-refractivity contribution is 0.103. The molecule has 0 aliphatic heterocycles. The van der Waals surface area contributed by atoms with Crippen molar-refractivity contribution < 1.29 is 9.18 Å². The predicted molar refractivity (Wildman–Crippen MR) is 73.7 cm³/mol. The van der Waals surface area contributed by atoms with Crippen LogP contribution in [0.4, 0.5) is 4.39 Å². The fourth-order valence-corrected chi connectivity index (χ4v) is 2.28. The van der Waals surface area contributed by atoms with Crippen LogP contribution < -0.4 is 0 Å². The number of hydrogen-bond donors (Lipinski definition) is 0. The molecule has 92 valence electrons. The van der Waals surface area contributed by atoms with Gasteiger partial charge in [-0.05, 0) is 58.7 Å². The van der Waals surface area contributed by atoms with Gasteiger partial charge in [0.2, 0.25) is 0 Å². The monoisotopic (exact) mass is 326 g/mol. The third-order valence-corrected chi connectivity index (χ3v) is 3.93. The summed E-state index contributed by atoms with van der Waals surface area (Å²) in [5.41, 5.74) is 1.45. The van der Waals surface area contributed by atoms with E-state index in [4.69, 9.17) is 11.6 Å². The first-order chi connectivity index (χ1) is 8.50. The summed E-state index contributed by atoms with van der Waals surface area (Å²) in [6, 6.07) is 9.23. The molecule has 0 aromatic heterocycles. The second-order valence-electron chi connectivity index (χ2n) is 3.89. The Labute approximate surface area is 118 Å². The molecule has 2 rings (SSSR count). The molecule has 0 saturated carbocycles. The maximum atomic E-state index is 13.0. The number of rotatable bonds is 2. The number of halogens is 3. The SMILES string of the molecule is Cc1cc(F)ccc1C(=O)c1cccc(Br)c1Cl. The maximum absolute atomic E-state index is 13.0. The molecular weight excluding hydrogens is 319 g/mol. The van der Waals surface area contributed by atoms with Crippen molar-refractivity contribution in [2.24, 2.45) is 0 Å². The zero-order valence-corrected chi connectivity index (χ0v) is 11.8. The molecule has 0 atom stereocenters. The van der Waals surface area contributed by atoms with E-state index in [1.54, 1.807) is 25.1 Å². The van der Waals surface area contributed by atoms with Crippen molar-refractivity contribution in [2.45, 2.75) is 6.92 Å². The first-order valence-electron chi connectivity index (χ1n) is 5.25. The van der Waals surface area contributed by atoms with Crippen molar-refractivity contribution in [2.75, 3.05) is 0 Å². The van der Waals surface area contributed by atoms with Gasteiger partial charge in [0.05, 0.1) is 5.02 Å². The molecule has 2 aromatic carbocycles. The lowest BCUT2D eigenvalue weighted by atomic mass is 9.99. The molecule has 2 aromatic rings. The highest BCUT2D eigenvalue weighted by Gasteiger charge is 2.16. The lowest BCUT2D eigenvalue weighted by Crippen LogP contribution is -2.05. The molecule has 0 saturated heterocycles. The summed E-state index contributed by atoms with van der Waals surface area (Å²) in [5, 5.41) is 0.367. The summed E-state index contributed by atoms with van der Waals surface area (Å²) in [5.74, 6) is -0.566. The van der Waals surface area contributed by atoms with Crippen LogP contribution in [-0.2, 0) is 0 Å². The molecule has 4 heteroatoms. The van der Waals surface area contributed by atoms with Gasteiger partial charge in [-0.15, -0.1) is 0 Å². The van der Waals surface area contributed by atoms with Gasteiger partial charge in [0.25, 0.3) is 0 Å². The Bertz CT molecular complexity index is 625. The highest BCUT2D eigenvalue weighted by Crippen LogP contribution is 2.28. The van der Waals surface area contributed by atoms with Crippen LogP contribution in [0, 0.1) is 12.7 Å². The van der Waals surface area contributed by atoms with Gasteiger partial charge in [0.15, 0.2) is 5.78 Å². The van der Waals surface area contributed by atoms with Crippen LogP contribution in [0.1, 0.15) is 21.5 Å². The van der Waals surface area contributed by atoms with Crippen LogP contribution in [0.2, 0.25) is 5.02 Å². The highest BCUT2D eigenvalue weighted by molar-refractivity contribution is 9.10. The van der Waals surface area contributed by atoms with Crippen molar-refractivity contribution >= 4 is 33.3 Å². The average molecular weight is 328 g/mol. The molecule has 0 fully saturated rings. The molecule has 0 aliphatic carbocycles. The van der Waals surface area contributed by atoms with Crippen LogP contribution >= 0.6 is 27.5 Å². The fourth-order valence-electron chi connectivity index (χ4n) is 1.71. The Balaban J connectivity index is 2.51. The quantitative estimate of drug-likeness (QED) is 0.725. The summed E-state index contributed by atoms with van der Waals surface area (Å²) < 4.78 is 13.7. The van der Waals surface area contributed by atoms with E-state index in [1.807, 2.05) is 0 Å². The topological polar surface area (TPSA) is 17.1 Å². The third kappa shape index (κ3) is 2.47. The molecule has 0 bridgehead atoms. The molecule has 0 spiro atoms. The first kappa shape index (κ1) is 13.2. The molecule has 0 N–H and O–H groups in total. The smallest absolute Gasteiger partial charge is 0.194 e. The molecular formula is C14H9BrClFO. The number of ketones is 1. The molecule has 0 radical (unpaired) electrons. The van der Waals surface area contributed by atoms with E-state index in [-0.39, 0.29) is 11.6 Å². The van der Waals surface area contributed by atoms with E-state index in [1.165, 1.54) is 18.2 Å². The van der Waals surface area contributed by atoms with Crippen molar-refractivity contribution in [3.63, 3.8) is 0 Å². The van der Waals surface area contributed by atoms with Gasteiger partial charge >= 0.3 is 0 Å². The minimum Gasteiger partial charge on any atom is -0.289 e. The van der Waals surface area contributed by atoms with Crippen molar-refractivity contribution in [3.05, 3.63) is 68.4 Å².